The summed E-state index contributed by atoms with van der Waals surface area (Å²) in [7, 11) is 0. The third-order valence-electron chi connectivity index (χ3n) is 5.31. The Balaban J connectivity index is 1.58. The number of benzene rings is 2. The molecule has 0 fully saturated rings. The van der Waals surface area contributed by atoms with Crippen molar-refractivity contribution in [1.82, 2.24) is 14.4 Å². The number of hydrogen-bond acceptors (Lipinski definition) is 6. The van der Waals surface area contributed by atoms with Crippen LogP contribution in [-0.2, 0) is 13.0 Å². The largest absolute Gasteiger partial charge is 0.493 e. The van der Waals surface area contributed by atoms with E-state index in [-0.39, 0.29) is 18.1 Å². The van der Waals surface area contributed by atoms with Crippen LogP contribution in [0.15, 0.2) is 48.8 Å². The smallest absolute Gasteiger partial charge is 0.208 e. The molecule has 150 valence electrons. The second kappa shape index (κ2) is 7.43. The number of rotatable bonds is 4. The summed E-state index contributed by atoms with van der Waals surface area (Å²) in [4.78, 5) is 8.88. The van der Waals surface area contributed by atoms with E-state index in [2.05, 4.69) is 21.4 Å². The highest BCUT2D eigenvalue weighted by atomic mass is 19.1. The Labute approximate surface area is 177 Å². The van der Waals surface area contributed by atoms with E-state index in [9.17, 15) is 14.9 Å². The van der Waals surface area contributed by atoms with E-state index in [4.69, 9.17) is 4.74 Å². The van der Waals surface area contributed by atoms with Crippen LogP contribution in [0.5, 0.6) is 5.75 Å². The molecule has 0 spiro atoms. The monoisotopic (exact) mass is 410 g/mol. The molecule has 31 heavy (non-hydrogen) atoms. The molecule has 0 atom stereocenters. The average Bonchev–Trinajstić information content (AvgIpc) is 3.45. The molecule has 3 heterocycles. The fourth-order valence-electron chi connectivity index (χ4n) is 3.84. The number of anilines is 1. The first-order valence-corrected chi connectivity index (χ1v) is 9.64. The summed E-state index contributed by atoms with van der Waals surface area (Å²) in [6.07, 6.45) is 3.83. The highest BCUT2D eigenvalue weighted by Crippen LogP contribution is 2.31. The van der Waals surface area contributed by atoms with Gasteiger partial charge < -0.3 is 10.1 Å². The summed E-state index contributed by atoms with van der Waals surface area (Å²) in [6, 6.07) is 14.4. The number of nitrogens with one attached hydrogen (secondary N) is 1. The van der Waals surface area contributed by atoms with E-state index in [1.807, 2.05) is 18.2 Å². The van der Waals surface area contributed by atoms with Gasteiger partial charge in [0.25, 0.3) is 0 Å². The Hall–Kier alpha value is -4.43. The van der Waals surface area contributed by atoms with E-state index in [1.165, 1.54) is 6.07 Å². The van der Waals surface area contributed by atoms with Gasteiger partial charge in [0.2, 0.25) is 5.95 Å². The van der Waals surface area contributed by atoms with Crippen LogP contribution in [0.25, 0.3) is 16.8 Å². The van der Waals surface area contributed by atoms with Crippen LogP contribution in [-0.4, -0.2) is 21.0 Å². The standard InChI is InChI=1S/C23H15FN6O/c24-20-5-6-21-17(7-8-31-21)18(20)11-27-23-28-12-19(16-4-2-1-3-14(16)9-25)22-29-15(10-26)13-30(22)23/h1-6,12-13H,7-8,11H2,(H,27,28). The summed E-state index contributed by atoms with van der Waals surface area (Å²) >= 11 is 0. The van der Waals surface area contributed by atoms with Crippen molar-refractivity contribution in [3.8, 4) is 29.0 Å². The molecule has 0 saturated heterocycles. The second-order valence-electron chi connectivity index (χ2n) is 7.04. The molecule has 1 N–H and O–H groups in total. The number of nitrogens with zero attached hydrogens (tertiary/aromatic N) is 5. The number of ether oxygens (including phenoxy) is 1. The number of aromatic nitrogens is 3. The molecule has 5 rings (SSSR count). The van der Waals surface area contributed by atoms with Crippen molar-refractivity contribution >= 4 is 11.6 Å². The van der Waals surface area contributed by atoms with Crippen LogP contribution in [0.2, 0.25) is 0 Å². The van der Waals surface area contributed by atoms with Crippen molar-refractivity contribution < 1.29 is 9.13 Å². The van der Waals surface area contributed by atoms with E-state index in [0.717, 1.165) is 5.56 Å². The van der Waals surface area contributed by atoms with E-state index in [1.54, 1.807) is 35.0 Å². The van der Waals surface area contributed by atoms with Crippen LogP contribution in [0, 0.1) is 28.5 Å². The van der Waals surface area contributed by atoms with Crippen molar-refractivity contribution in [2.24, 2.45) is 0 Å². The lowest BCUT2D eigenvalue weighted by Gasteiger charge is -2.13. The highest BCUT2D eigenvalue weighted by Gasteiger charge is 2.20. The zero-order chi connectivity index (χ0) is 21.4. The molecule has 8 heteroatoms. The van der Waals surface area contributed by atoms with Gasteiger partial charge in [-0.15, -0.1) is 0 Å². The van der Waals surface area contributed by atoms with Crippen molar-refractivity contribution in [2.75, 3.05) is 11.9 Å². The lowest BCUT2D eigenvalue weighted by molar-refractivity contribution is 0.356. The Morgan fingerprint density at radius 2 is 2.00 bits per heavy atom. The van der Waals surface area contributed by atoms with Gasteiger partial charge in [0.1, 0.15) is 17.6 Å². The topological polar surface area (TPSA) is 99.0 Å². The third-order valence-corrected chi connectivity index (χ3v) is 5.31. The summed E-state index contributed by atoms with van der Waals surface area (Å²) in [5.74, 6) is 0.808. The minimum absolute atomic E-state index is 0.203. The lowest BCUT2D eigenvalue weighted by atomic mass is 10.0. The van der Waals surface area contributed by atoms with Crippen molar-refractivity contribution in [1.29, 1.82) is 10.5 Å². The fourth-order valence-corrected chi connectivity index (χ4v) is 3.84. The Morgan fingerprint density at radius 3 is 2.84 bits per heavy atom. The van der Waals surface area contributed by atoms with Gasteiger partial charge in [0.15, 0.2) is 11.3 Å². The predicted molar refractivity (Wildman–Crippen MR) is 111 cm³/mol. The normalized spacial score (nSPS) is 12.1. The Morgan fingerprint density at radius 1 is 1.13 bits per heavy atom. The Bertz CT molecular complexity index is 1410. The molecule has 0 radical (unpaired) electrons. The number of hydrogen-bond donors (Lipinski definition) is 1. The molecule has 1 aliphatic rings. The molecule has 0 saturated carbocycles. The van der Waals surface area contributed by atoms with Crippen LogP contribution in [0.3, 0.4) is 0 Å². The van der Waals surface area contributed by atoms with Gasteiger partial charge in [-0.05, 0) is 18.2 Å². The molecule has 2 aromatic heterocycles. The summed E-state index contributed by atoms with van der Waals surface area (Å²) in [6.45, 7) is 0.739. The molecular formula is C23H15FN6O. The summed E-state index contributed by atoms with van der Waals surface area (Å²) < 4.78 is 21.7. The number of fused-ring (bicyclic) bond motifs is 2. The molecule has 0 amide bonds. The van der Waals surface area contributed by atoms with Crippen molar-refractivity contribution in [2.45, 2.75) is 13.0 Å². The fraction of sp³-hybridized carbons (Fsp3) is 0.130. The zero-order valence-corrected chi connectivity index (χ0v) is 16.3. The first-order chi connectivity index (χ1) is 15.2. The van der Waals surface area contributed by atoms with Gasteiger partial charge in [-0.25, -0.2) is 14.4 Å². The summed E-state index contributed by atoms with van der Waals surface area (Å²) in [5.41, 5.74) is 3.87. The maximum absolute atomic E-state index is 14.5. The predicted octanol–water partition coefficient (Wildman–Crippen LogP) is 3.83. The molecule has 7 nitrogen and oxygen atoms in total. The highest BCUT2D eigenvalue weighted by molar-refractivity contribution is 5.82. The quantitative estimate of drug-likeness (QED) is 0.549. The molecule has 2 aromatic carbocycles. The second-order valence-corrected chi connectivity index (χ2v) is 7.04. The van der Waals surface area contributed by atoms with Gasteiger partial charge in [-0.3, -0.25) is 4.40 Å². The first kappa shape index (κ1) is 18.6. The number of nitriles is 2. The van der Waals surface area contributed by atoms with Crippen molar-refractivity contribution in [3.63, 3.8) is 0 Å². The molecule has 0 unspecified atom stereocenters. The van der Waals surface area contributed by atoms with Crippen LogP contribution >= 0.6 is 0 Å². The molecule has 4 aromatic rings. The molecule has 0 bridgehead atoms. The number of imidazole rings is 1. The summed E-state index contributed by atoms with van der Waals surface area (Å²) in [5, 5.41) is 22.0. The minimum atomic E-state index is -0.309. The van der Waals surface area contributed by atoms with E-state index in [0.29, 0.717) is 52.6 Å². The van der Waals surface area contributed by atoms with Crippen LogP contribution < -0.4 is 10.1 Å². The SMILES string of the molecule is N#Cc1cn2c(NCc3c(F)ccc4c3CCO4)ncc(-c3ccccc3C#N)c2n1. The van der Waals surface area contributed by atoms with Crippen LogP contribution in [0.4, 0.5) is 10.3 Å². The van der Waals surface area contributed by atoms with Crippen LogP contribution in [0.1, 0.15) is 22.4 Å². The van der Waals surface area contributed by atoms with Gasteiger partial charge in [0.05, 0.1) is 24.4 Å². The van der Waals surface area contributed by atoms with Gasteiger partial charge in [-0.2, -0.15) is 10.5 Å². The molecular weight excluding hydrogens is 395 g/mol. The van der Waals surface area contributed by atoms with E-state index >= 15 is 0 Å². The number of halogens is 1. The Kier molecular flexibility index (Phi) is 4.46. The molecule has 0 aliphatic carbocycles. The van der Waals surface area contributed by atoms with Gasteiger partial charge in [-0.1, -0.05) is 18.2 Å². The lowest BCUT2D eigenvalue weighted by Crippen LogP contribution is -2.09. The van der Waals surface area contributed by atoms with Gasteiger partial charge >= 0.3 is 0 Å². The van der Waals surface area contributed by atoms with Crippen molar-refractivity contribution in [3.05, 3.63) is 77.0 Å². The third kappa shape index (κ3) is 3.11. The maximum atomic E-state index is 14.5. The average molecular weight is 410 g/mol. The maximum Gasteiger partial charge on any atom is 0.208 e. The van der Waals surface area contributed by atoms with E-state index < -0.39 is 0 Å². The first-order valence-electron chi connectivity index (χ1n) is 9.64. The van der Waals surface area contributed by atoms with Gasteiger partial charge in [0, 0.05) is 41.4 Å². The minimum Gasteiger partial charge on any atom is -0.493 e. The zero-order valence-electron chi connectivity index (χ0n) is 16.3. The molecule has 1 aliphatic heterocycles.